The molecule has 2 aliphatic rings. The van der Waals surface area contributed by atoms with Crippen LogP contribution >= 0.6 is 0 Å². The average Bonchev–Trinajstić information content (AvgIpc) is 2.87. The van der Waals surface area contributed by atoms with E-state index in [1.54, 1.807) is 0 Å². The highest BCUT2D eigenvalue weighted by molar-refractivity contribution is 5.84. The number of aliphatic carboxylic acids is 1. The third-order valence-electron chi connectivity index (χ3n) is 3.80. The second-order valence-corrected chi connectivity index (χ2v) is 4.79. The molecule has 78 valence electrons. The largest absolute Gasteiger partial charge is 0.481 e. The molecule has 0 aromatic rings. The van der Waals surface area contributed by atoms with E-state index in [-0.39, 0.29) is 17.4 Å². The number of carboxylic acids is 1. The van der Waals surface area contributed by atoms with E-state index in [4.69, 9.17) is 0 Å². The predicted molar refractivity (Wildman–Crippen MR) is 49.6 cm³/mol. The van der Waals surface area contributed by atoms with Crippen LogP contribution in [-0.2, 0) is 9.59 Å². The van der Waals surface area contributed by atoms with Crippen molar-refractivity contribution in [3.8, 4) is 0 Å². The SMILES string of the molecule is CC(=O)NC1CC1(C(=O)O)C1(C)CC1. The quantitative estimate of drug-likeness (QED) is 0.702. The van der Waals surface area contributed by atoms with Gasteiger partial charge in [0.1, 0.15) is 0 Å². The zero-order valence-corrected chi connectivity index (χ0v) is 8.46. The van der Waals surface area contributed by atoms with Gasteiger partial charge < -0.3 is 10.4 Å². The van der Waals surface area contributed by atoms with Crippen LogP contribution in [-0.4, -0.2) is 23.0 Å². The van der Waals surface area contributed by atoms with Crippen LogP contribution in [0.1, 0.15) is 33.1 Å². The maximum Gasteiger partial charge on any atom is 0.312 e. The second-order valence-electron chi connectivity index (χ2n) is 4.79. The molecule has 14 heavy (non-hydrogen) atoms. The lowest BCUT2D eigenvalue weighted by atomic mass is 9.86. The summed E-state index contributed by atoms with van der Waals surface area (Å²) in [5, 5.41) is 11.9. The Morgan fingerprint density at radius 3 is 2.36 bits per heavy atom. The number of amides is 1. The molecule has 2 saturated carbocycles. The molecular formula is C10H15NO3. The van der Waals surface area contributed by atoms with Crippen molar-refractivity contribution in [1.29, 1.82) is 0 Å². The lowest BCUT2D eigenvalue weighted by molar-refractivity contribution is -0.146. The van der Waals surface area contributed by atoms with Gasteiger partial charge in [-0.1, -0.05) is 6.92 Å². The van der Waals surface area contributed by atoms with Gasteiger partial charge in [-0.25, -0.2) is 0 Å². The van der Waals surface area contributed by atoms with Crippen molar-refractivity contribution in [2.24, 2.45) is 10.8 Å². The van der Waals surface area contributed by atoms with Gasteiger partial charge in [-0.05, 0) is 24.7 Å². The minimum absolute atomic E-state index is 0.0774. The summed E-state index contributed by atoms with van der Waals surface area (Å²) in [5.74, 6) is -0.890. The van der Waals surface area contributed by atoms with E-state index in [0.717, 1.165) is 12.8 Å². The number of carbonyl (C=O) groups is 2. The van der Waals surface area contributed by atoms with Gasteiger partial charge in [0.25, 0.3) is 0 Å². The molecule has 0 radical (unpaired) electrons. The summed E-state index contributed by atoms with van der Waals surface area (Å²) in [4.78, 5) is 22.1. The monoisotopic (exact) mass is 197 g/mol. The van der Waals surface area contributed by atoms with Gasteiger partial charge in [-0.15, -0.1) is 0 Å². The molecule has 2 N–H and O–H groups in total. The Labute approximate surface area is 82.7 Å². The number of hydrogen-bond donors (Lipinski definition) is 2. The van der Waals surface area contributed by atoms with E-state index in [1.807, 2.05) is 6.92 Å². The van der Waals surface area contributed by atoms with Crippen molar-refractivity contribution in [1.82, 2.24) is 5.32 Å². The van der Waals surface area contributed by atoms with Crippen molar-refractivity contribution in [3.63, 3.8) is 0 Å². The normalized spacial score (nSPS) is 37.4. The fourth-order valence-corrected chi connectivity index (χ4v) is 2.48. The lowest BCUT2D eigenvalue weighted by Gasteiger charge is -2.19. The first kappa shape index (κ1) is 9.49. The zero-order valence-electron chi connectivity index (χ0n) is 8.46. The topological polar surface area (TPSA) is 66.4 Å². The van der Waals surface area contributed by atoms with Gasteiger partial charge in [0.05, 0.1) is 5.41 Å². The third kappa shape index (κ3) is 1.06. The zero-order chi connectivity index (χ0) is 10.6. The van der Waals surface area contributed by atoms with Crippen LogP contribution in [0.2, 0.25) is 0 Å². The molecule has 2 aliphatic carbocycles. The highest BCUT2D eigenvalue weighted by Crippen LogP contribution is 2.70. The lowest BCUT2D eigenvalue weighted by Crippen LogP contribution is -2.36. The van der Waals surface area contributed by atoms with Crippen molar-refractivity contribution < 1.29 is 14.7 Å². The first-order chi connectivity index (χ1) is 6.42. The minimum Gasteiger partial charge on any atom is -0.481 e. The van der Waals surface area contributed by atoms with Crippen molar-refractivity contribution in [2.45, 2.75) is 39.2 Å². The van der Waals surface area contributed by atoms with Crippen molar-refractivity contribution >= 4 is 11.9 Å². The molecule has 0 aliphatic heterocycles. The second kappa shape index (κ2) is 2.49. The smallest absolute Gasteiger partial charge is 0.312 e. The summed E-state index contributed by atoms with van der Waals surface area (Å²) in [6.07, 6.45) is 2.53. The Hall–Kier alpha value is -1.06. The number of hydrogen-bond acceptors (Lipinski definition) is 2. The number of rotatable bonds is 3. The Morgan fingerprint density at radius 2 is 2.00 bits per heavy atom. The molecule has 0 aromatic carbocycles. The molecule has 0 saturated heterocycles. The molecule has 0 bridgehead atoms. The molecule has 4 nitrogen and oxygen atoms in total. The van der Waals surface area contributed by atoms with E-state index in [2.05, 4.69) is 5.32 Å². The summed E-state index contributed by atoms with van der Waals surface area (Å²) >= 11 is 0. The van der Waals surface area contributed by atoms with Crippen LogP contribution in [0.3, 0.4) is 0 Å². The summed E-state index contributed by atoms with van der Waals surface area (Å²) in [5.41, 5.74) is -0.745. The molecule has 2 atom stereocenters. The van der Waals surface area contributed by atoms with E-state index >= 15 is 0 Å². The molecule has 0 heterocycles. The molecule has 0 aromatic heterocycles. The Bertz CT molecular complexity index is 308. The van der Waals surface area contributed by atoms with E-state index < -0.39 is 11.4 Å². The molecule has 4 heteroatoms. The first-order valence-electron chi connectivity index (χ1n) is 4.93. The maximum absolute atomic E-state index is 11.2. The van der Waals surface area contributed by atoms with Gasteiger partial charge >= 0.3 is 5.97 Å². The Morgan fingerprint density at radius 1 is 1.43 bits per heavy atom. The van der Waals surface area contributed by atoms with Crippen molar-refractivity contribution in [3.05, 3.63) is 0 Å². The molecule has 2 fully saturated rings. The summed E-state index contributed by atoms with van der Waals surface area (Å²) < 4.78 is 0. The summed E-state index contributed by atoms with van der Waals surface area (Å²) in [6.45, 7) is 3.43. The first-order valence-corrected chi connectivity index (χ1v) is 4.93. The van der Waals surface area contributed by atoms with E-state index in [9.17, 15) is 14.7 Å². The van der Waals surface area contributed by atoms with Crippen molar-refractivity contribution in [2.75, 3.05) is 0 Å². The fourth-order valence-electron chi connectivity index (χ4n) is 2.48. The maximum atomic E-state index is 11.2. The molecule has 2 unspecified atom stereocenters. The van der Waals surface area contributed by atoms with Crippen LogP contribution in [0.5, 0.6) is 0 Å². The van der Waals surface area contributed by atoms with E-state index in [0.29, 0.717) is 6.42 Å². The van der Waals surface area contributed by atoms with Crippen LogP contribution in [0.4, 0.5) is 0 Å². The van der Waals surface area contributed by atoms with Gasteiger partial charge in [0.15, 0.2) is 0 Å². The highest BCUT2D eigenvalue weighted by atomic mass is 16.4. The van der Waals surface area contributed by atoms with Gasteiger partial charge in [-0.2, -0.15) is 0 Å². The molecule has 1 amide bonds. The predicted octanol–water partition coefficient (Wildman–Crippen LogP) is 0.766. The number of nitrogens with one attached hydrogen (secondary N) is 1. The molecule has 2 rings (SSSR count). The molecule has 0 spiro atoms. The van der Waals surface area contributed by atoms with Gasteiger partial charge in [0.2, 0.25) is 5.91 Å². The Balaban J connectivity index is 2.13. The molecular weight excluding hydrogens is 182 g/mol. The van der Waals surface area contributed by atoms with Gasteiger partial charge in [-0.3, -0.25) is 9.59 Å². The third-order valence-corrected chi connectivity index (χ3v) is 3.80. The van der Waals surface area contributed by atoms with Crippen LogP contribution in [0.25, 0.3) is 0 Å². The standard InChI is InChI=1S/C10H15NO3/c1-6(12)11-7-5-10(7,8(13)14)9(2)3-4-9/h7H,3-5H2,1-2H3,(H,11,12)(H,13,14). The number of carbonyl (C=O) groups excluding carboxylic acids is 1. The minimum atomic E-state index is -0.753. The number of carboxylic acid groups (broad SMARTS) is 1. The fraction of sp³-hybridized carbons (Fsp3) is 0.800. The Kier molecular flexibility index (Phi) is 1.69. The van der Waals surface area contributed by atoms with E-state index in [1.165, 1.54) is 6.92 Å². The van der Waals surface area contributed by atoms with Crippen LogP contribution in [0, 0.1) is 10.8 Å². The summed E-state index contributed by atoms with van der Waals surface area (Å²) in [7, 11) is 0. The summed E-state index contributed by atoms with van der Waals surface area (Å²) in [6, 6.07) is -0.148. The van der Waals surface area contributed by atoms with Crippen LogP contribution < -0.4 is 5.32 Å². The highest BCUT2D eigenvalue weighted by Gasteiger charge is 2.74. The average molecular weight is 197 g/mol. The van der Waals surface area contributed by atoms with Gasteiger partial charge in [0, 0.05) is 13.0 Å². The van der Waals surface area contributed by atoms with Crippen LogP contribution in [0.15, 0.2) is 0 Å².